The van der Waals surface area contributed by atoms with Crippen molar-refractivity contribution in [3.8, 4) is 34.3 Å². The maximum atomic E-state index is 5.71. The topological polar surface area (TPSA) is 85.2 Å². The Morgan fingerprint density at radius 3 is 2.69 bits per heavy atom. The van der Waals surface area contributed by atoms with Crippen molar-refractivity contribution in [3.63, 3.8) is 0 Å². The molecule has 0 aliphatic carbocycles. The lowest BCUT2D eigenvalue weighted by atomic mass is 10.1. The molecule has 4 aromatic rings. The lowest BCUT2D eigenvalue weighted by Crippen LogP contribution is -2.04. The highest BCUT2D eigenvalue weighted by atomic mass is 16.5. The number of aromatic nitrogens is 3. The first-order chi connectivity index (χ1) is 14.2. The van der Waals surface area contributed by atoms with Gasteiger partial charge in [0.25, 0.3) is 5.89 Å². The minimum atomic E-state index is 0.437. The van der Waals surface area contributed by atoms with Crippen LogP contribution in [0.5, 0.6) is 11.5 Å². The van der Waals surface area contributed by atoms with Crippen molar-refractivity contribution in [2.45, 2.75) is 20.4 Å². The van der Waals surface area contributed by atoms with Gasteiger partial charge >= 0.3 is 0 Å². The Hall–Kier alpha value is -3.32. The van der Waals surface area contributed by atoms with E-state index in [0.29, 0.717) is 36.4 Å². The van der Waals surface area contributed by atoms with Gasteiger partial charge in [0, 0.05) is 34.8 Å². The first-order valence-corrected chi connectivity index (χ1v) is 9.72. The summed E-state index contributed by atoms with van der Waals surface area (Å²) in [4.78, 5) is 7.95. The van der Waals surface area contributed by atoms with E-state index in [-0.39, 0.29) is 0 Å². The molecular weight excluding hydrogens is 368 g/mol. The Morgan fingerprint density at radius 1 is 1.07 bits per heavy atom. The van der Waals surface area contributed by atoms with Crippen molar-refractivity contribution in [2.24, 2.45) is 0 Å². The lowest BCUT2D eigenvalue weighted by molar-refractivity contribution is 0.288. The van der Waals surface area contributed by atoms with Crippen molar-refractivity contribution < 1.29 is 14.0 Å². The van der Waals surface area contributed by atoms with Crippen LogP contribution in [0.2, 0.25) is 0 Å². The Kier molecular flexibility index (Phi) is 5.48. The second-order valence-corrected chi connectivity index (χ2v) is 6.52. The summed E-state index contributed by atoms with van der Waals surface area (Å²) in [5.74, 6) is 2.35. The highest BCUT2D eigenvalue weighted by Crippen LogP contribution is 2.34. The summed E-state index contributed by atoms with van der Waals surface area (Å²) < 4.78 is 16.9. The van der Waals surface area contributed by atoms with E-state index in [9.17, 15) is 0 Å². The number of fused-ring (bicyclic) bond motifs is 1. The normalized spacial score (nSPS) is 11.1. The van der Waals surface area contributed by atoms with Crippen LogP contribution in [0.3, 0.4) is 0 Å². The van der Waals surface area contributed by atoms with E-state index in [0.717, 1.165) is 34.1 Å². The molecule has 0 saturated carbocycles. The van der Waals surface area contributed by atoms with Crippen molar-refractivity contribution in [1.29, 1.82) is 0 Å². The number of aromatic amines is 1. The molecule has 0 amide bonds. The molecular formula is C22H24N4O3. The fraction of sp³-hybridized carbons (Fsp3) is 0.273. The maximum Gasteiger partial charge on any atom is 0.258 e. The number of rotatable bonds is 8. The highest BCUT2D eigenvalue weighted by molar-refractivity contribution is 5.96. The van der Waals surface area contributed by atoms with Gasteiger partial charge in [-0.05, 0) is 50.7 Å². The fourth-order valence-electron chi connectivity index (χ4n) is 3.41. The molecule has 0 radical (unpaired) electrons. The second kappa shape index (κ2) is 8.36. The van der Waals surface area contributed by atoms with Gasteiger partial charge in [-0.3, -0.25) is 0 Å². The number of H-pyrrole nitrogens is 1. The van der Waals surface area contributed by atoms with Crippen LogP contribution in [-0.2, 0) is 6.54 Å². The monoisotopic (exact) mass is 392 g/mol. The minimum Gasteiger partial charge on any atom is -0.490 e. The molecule has 2 aromatic carbocycles. The molecule has 7 heteroatoms. The third kappa shape index (κ3) is 3.69. The zero-order valence-corrected chi connectivity index (χ0v) is 16.8. The van der Waals surface area contributed by atoms with Crippen LogP contribution in [-0.4, -0.2) is 35.4 Å². The molecule has 0 bridgehead atoms. The van der Waals surface area contributed by atoms with Crippen LogP contribution >= 0.6 is 0 Å². The number of ether oxygens (including phenoxy) is 2. The standard InChI is InChI=1S/C22H24N4O3/c1-4-27-18-10-9-14(11-19(18)28-5-2)22-25-21(26-29-22)16-7-6-8-17-20(16)15(12-23-3)13-24-17/h6-11,13,23-24H,4-5,12H2,1-3H3. The summed E-state index contributed by atoms with van der Waals surface area (Å²) in [5, 5.41) is 8.52. The molecule has 0 saturated heterocycles. The molecule has 0 spiro atoms. The predicted molar refractivity (Wildman–Crippen MR) is 112 cm³/mol. The van der Waals surface area contributed by atoms with Gasteiger partial charge in [-0.15, -0.1) is 0 Å². The van der Waals surface area contributed by atoms with Gasteiger partial charge in [0.05, 0.1) is 13.2 Å². The zero-order valence-electron chi connectivity index (χ0n) is 16.8. The molecule has 7 nitrogen and oxygen atoms in total. The summed E-state index contributed by atoms with van der Waals surface area (Å²) in [7, 11) is 1.93. The first-order valence-electron chi connectivity index (χ1n) is 9.72. The van der Waals surface area contributed by atoms with Crippen LogP contribution in [0.1, 0.15) is 19.4 Å². The van der Waals surface area contributed by atoms with E-state index in [1.54, 1.807) is 0 Å². The molecule has 4 rings (SSSR count). The average molecular weight is 392 g/mol. The fourth-order valence-corrected chi connectivity index (χ4v) is 3.41. The first kappa shape index (κ1) is 19.0. The Labute approximate surface area is 169 Å². The Balaban J connectivity index is 1.73. The predicted octanol–water partition coefficient (Wildman–Crippen LogP) is 4.40. The molecule has 150 valence electrons. The number of hydrogen-bond acceptors (Lipinski definition) is 6. The molecule has 0 atom stereocenters. The van der Waals surface area contributed by atoms with Crippen LogP contribution in [0, 0.1) is 0 Å². The average Bonchev–Trinajstić information content (AvgIpc) is 3.38. The van der Waals surface area contributed by atoms with Gasteiger partial charge < -0.3 is 24.3 Å². The summed E-state index contributed by atoms with van der Waals surface area (Å²) in [5.41, 5.74) is 3.91. The molecule has 0 fully saturated rings. The quantitative estimate of drug-likeness (QED) is 0.462. The van der Waals surface area contributed by atoms with E-state index in [4.69, 9.17) is 14.0 Å². The molecule has 0 aliphatic rings. The van der Waals surface area contributed by atoms with E-state index < -0.39 is 0 Å². The summed E-state index contributed by atoms with van der Waals surface area (Å²) in [6, 6.07) is 11.7. The van der Waals surface area contributed by atoms with Crippen molar-refractivity contribution in [2.75, 3.05) is 20.3 Å². The second-order valence-electron chi connectivity index (χ2n) is 6.52. The molecule has 0 unspecified atom stereocenters. The van der Waals surface area contributed by atoms with Crippen molar-refractivity contribution >= 4 is 10.9 Å². The van der Waals surface area contributed by atoms with Crippen LogP contribution in [0.25, 0.3) is 33.7 Å². The number of nitrogens with zero attached hydrogens (tertiary/aromatic N) is 2. The van der Waals surface area contributed by atoms with Gasteiger partial charge in [-0.2, -0.15) is 4.98 Å². The number of nitrogens with one attached hydrogen (secondary N) is 2. The van der Waals surface area contributed by atoms with Gasteiger partial charge in [-0.25, -0.2) is 0 Å². The molecule has 2 N–H and O–H groups in total. The van der Waals surface area contributed by atoms with Gasteiger partial charge in [0.15, 0.2) is 11.5 Å². The Morgan fingerprint density at radius 2 is 1.90 bits per heavy atom. The lowest BCUT2D eigenvalue weighted by Gasteiger charge is -2.11. The molecule has 29 heavy (non-hydrogen) atoms. The number of hydrogen-bond donors (Lipinski definition) is 2. The molecule has 2 heterocycles. The minimum absolute atomic E-state index is 0.437. The van der Waals surface area contributed by atoms with E-state index in [1.807, 2.05) is 63.5 Å². The third-order valence-electron chi connectivity index (χ3n) is 4.61. The van der Waals surface area contributed by atoms with Crippen LogP contribution in [0.15, 0.2) is 47.1 Å². The smallest absolute Gasteiger partial charge is 0.258 e. The van der Waals surface area contributed by atoms with Gasteiger partial charge in [-0.1, -0.05) is 17.3 Å². The Bertz CT molecular complexity index is 1120. The molecule has 2 aromatic heterocycles. The third-order valence-corrected chi connectivity index (χ3v) is 4.61. The van der Waals surface area contributed by atoms with E-state index in [1.165, 1.54) is 0 Å². The summed E-state index contributed by atoms with van der Waals surface area (Å²) >= 11 is 0. The largest absolute Gasteiger partial charge is 0.490 e. The van der Waals surface area contributed by atoms with Crippen molar-refractivity contribution in [1.82, 2.24) is 20.4 Å². The summed E-state index contributed by atoms with van der Waals surface area (Å²) in [6.45, 7) is 5.74. The molecule has 0 aliphatic heterocycles. The maximum absolute atomic E-state index is 5.71. The van der Waals surface area contributed by atoms with Gasteiger partial charge in [0.1, 0.15) is 0 Å². The summed E-state index contributed by atoms with van der Waals surface area (Å²) in [6.07, 6.45) is 2.01. The van der Waals surface area contributed by atoms with Crippen LogP contribution in [0.4, 0.5) is 0 Å². The number of benzene rings is 2. The SMILES string of the molecule is CCOc1ccc(-c2nc(-c3cccc4[nH]cc(CNC)c34)no2)cc1OCC. The van der Waals surface area contributed by atoms with Crippen molar-refractivity contribution in [3.05, 3.63) is 48.2 Å². The highest BCUT2D eigenvalue weighted by Gasteiger charge is 2.17. The van der Waals surface area contributed by atoms with E-state index >= 15 is 0 Å². The van der Waals surface area contributed by atoms with Crippen LogP contribution < -0.4 is 14.8 Å². The van der Waals surface area contributed by atoms with E-state index in [2.05, 4.69) is 20.4 Å². The zero-order chi connectivity index (χ0) is 20.2. The van der Waals surface area contributed by atoms with Gasteiger partial charge in [0.2, 0.25) is 5.82 Å².